The monoisotopic (exact) mass is 355 g/mol. The van der Waals surface area contributed by atoms with Crippen molar-refractivity contribution in [3.63, 3.8) is 0 Å². The van der Waals surface area contributed by atoms with Gasteiger partial charge in [-0.2, -0.15) is 10.2 Å². The quantitative estimate of drug-likeness (QED) is 0.721. The highest BCUT2D eigenvalue weighted by molar-refractivity contribution is 5.83. The number of likely N-dealkylation sites (tertiary alicyclic amines) is 1. The van der Waals surface area contributed by atoms with Crippen LogP contribution in [0.2, 0.25) is 0 Å². The first-order chi connectivity index (χ1) is 12.6. The second-order valence-electron chi connectivity index (χ2n) is 6.83. The van der Waals surface area contributed by atoms with Crippen LogP contribution in [-0.2, 0) is 6.54 Å². The van der Waals surface area contributed by atoms with Crippen LogP contribution in [0.5, 0.6) is 0 Å². The minimum Gasteiger partial charge on any atom is -0.301 e. The maximum absolute atomic E-state index is 14.2. The Kier molecular flexibility index (Phi) is 4.32. The Bertz CT molecular complexity index is 1020. The molecule has 1 aliphatic heterocycles. The molecule has 136 valence electrons. The molecule has 0 radical (unpaired) electrons. The Morgan fingerprint density at radius 2 is 1.81 bits per heavy atom. The van der Waals surface area contributed by atoms with E-state index < -0.39 is 0 Å². The molecule has 7 heteroatoms. The summed E-state index contributed by atoms with van der Waals surface area (Å²) in [5, 5.41) is 9.62. The van der Waals surface area contributed by atoms with Crippen molar-refractivity contribution in [2.45, 2.75) is 33.2 Å². The van der Waals surface area contributed by atoms with E-state index in [1.807, 2.05) is 13.8 Å². The van der Waals surface area contributed by atoms with Gasteiger partial charge in [0.15, 0.2) is 5.52 Å². The molecule has 1 fully saturated rings. The first-order valence-corrected chi connectivity index (χ1v) is 9.00. The van der Waals surface area contributed by atoms with Crippen LogP contribution in [0.1, 0.15) is 24.2 Å². The maximum atomic E-state index is 14.2. The number of fused-ring (bicyclic) bond motifs is 1. The van der Waals surface area contributed by atoms with E-state index in [1.54, 1.807) is 18.2 Å². The molecular formula is C19H22FN5O. The summed E-state index contributed by atoms with van der Waals surface area (Å²) in [4.78, 5) is 15.2. The van der Waals surface area contributed by atoms with E-state index in [9.17, 15) is 9.18 Å². The first-order valence-electron chi connectivity index (χ1n) is 9.00. The predicted octanol–water partition coefficient (Wildman–Crippen LogP) is 2.43. The van der Waals surface area contributed by atoms with E-state index >= 15 is 0 Å². The zero-order valence-electron chi connectivity index (χ0n) is 15.1. The van der Waals surface area contributed by atoms with Crippen molar-refractivity contribution in [3.05, 3.63) is 51.8 Å². The molecular weight excluding hydrogens is 333 g/mol. The number of halogens is 1. The number of rotatable bonds is 4. The van der Waals surface area contributed by atoms with E-state index in [0.717, 1.165) is 31.0 Å². The fraction of sp³-hybridized carbons (Fsp3) is 0.421. The number of benzene rings is 1. The van der Waals surface area contributed by atoms with Crippen molar-refractivity contribution >= 4 is 10.9 Å². The lowest BCUT2D eigenvalue weighted by Crippen LogP contribution is -2.31. The number of nitrogens with zero attached hydrogens (tertiary/aromatic N) is 5. The Balaban J connectivity index is 1.78. The molecule has 0 N–H and O–H groups in total. The Morgan fingerprint density at radius 3 is 2.54 bits per heavy atom. The zero-order chi connectivity index (χ0) is 18.3. The van der Waals surface area contributed by atoms with Gasteiger partial charge in [0.1, 0.15) is 11.5 Å². The predicted molar refractivity (Wildman–Crippen MR) is 98.2 cm³/mol. The number of hydrogen-bond donors (Lipinski definition) is 0. The second kappa shape index (κ2) is 6.64. The normalized spacial score (nSPS) is 15.2. The zero-order valence-corrected chi connectivity index (χ0v) is 15.1. The first kappa shape index (κ1) is 16.9. The van der Waals surface area contributed by atoms with Crippen molar-refractivity contribution in [3.8, 4) is 5.69 Å². The third-order valence-corrected chi connectivity index (χ3v) is 5.09. The standard InChI is InChI=1S/C19H22FN5O/c1-13-17-14(2)25(16-8-4-3-7-15(16)20)22-18(17)19(26)24(21-13)12-11-23-9-5-6-10-23/h3-4,7-8H,5-6,9-12H2,1-2H3. The van der Waals surface area contributed by atoms with Crippen LogP contribution in [0, 0.1) is 19.7 Å². The van der Waals surface area contributed by atoms with E-state index in [4.69, 9.17) is 0 Å². The molecule has 0 unspecified atom stereocenters. The Morgan fingerprint density at radius 1 is 1.08 bits per heavy atom. The lowest BCUT2D eigenvalue weighted by Gasteiger charge is -2.14. The van der Waals surface area contributed by atoms with Gasteiger partial charge >= 0.3 is 0 Å². The SMILES string of the molecule is Cc1nn(CCN2CCCC2)c(=O)c2nn(-c3ccccc3F)c(C)c12. The fourth-order valence-electron chi connectivity index (χ4n) is 3.74. The fourth-order valence-corrected chi connectivity index (χ4v) is 3.74. The van der Waals surface area contributed by atoms with Crippen molar-refractivity contribution in [2.24, 2.45) is 0 Å². The molecule has 0 aliphatic carbocycles. The van der Waals surface area contributed by atoms with Gasteiger partial charge in [-0.25, -0.2) is 13.8 Å². The lowest BCUT2D eigenvalue weighted by molar-refractivity contribution is 0.312. The third kappa shape index (κ3) is 2.82. The third-order valence-electron chi connectivity index (χ3n) is 5.09. The van der Waals surface area contributed by atoms with Crippen LogP contribution in [0.3, 0.4) is 0 Å². The van der Waals surface area contributed by atoms with Crippen LogP contribution in [0.25, 0.3) is 16.6 Å². The van der Waals surface area contributed by atoms with Crippen molar-refractivity contribution in [2.75, 3.05) is 19.6 Å². The minimum atomic E-state index is -0.372. The highest BCUT2D eigenvalue weighted by Gasteiger charge is 2.19. The van der Waals surface area contributed by atoms with Crippen LogP contribution in [0.4, 0.5) is 4.39 Å². The summed E-state index contributed by atoms with van der Waals surface area (Å²) >= 11 is 0. The second-order valence-corrected chi connectivity index (χ2v) is 6.83. The van der Waals surface area contributed by atoms with Crippen LogP contribution in [-0.4, -0.2) is 44.1 Å². The number of aryl methyl sites for hydroxylation is 2. The molecule has 0 spiro atoms. The van der Waals surface area contributed by atoms with Gasteiger partial charge in [0.25, 0.3) is 5.56 Å². The highest BCUT2D eigenvalue weighted by atomic mass is 19.1. The molecule has 0 bridgehead atoms. The lowest BCUT2D eigenvalue weighted by atomic mass is 10.2. The number of para-hydroxylation sites is 1. The summed E-state index contributed by atoms with van der Waals surface area (Å²) in [5.41, 5.74) is 1.92. The average molecular weight is 355 g/mol. The molecule has 0 saturated carbocycles. The Hall–Kier alpha value is -2.54. The largest absolute Gasteiger partial charge is 0.301 e. The molecule has 1 aromatic carbocycles. The molecule has 2 aromatic heterocycles. The van der Waals surface area contributed by atoms with Crippen molar-refractivity contribution in [1.29, 1.82) is 0 Å². The topological polar surface area (TPSA) is 56.0 Å². The summed E-state index contributed by atoms with van der Waals surface area (Å²) in [5.74, 6) is -0.372. The van der Waals surface area contributed by atoms with E-state index in [-0.39, 0.29) is 11.4 Å². The van der Waals surface area contributed by atoms with Gasteiger partial charge in [-0.3, -0.25) is 4.79 Å². The highest BCUT2D eigenvalue weighted by Crippen LogP contribution is 2.22. The molecule has 4 rings (SSSR count). The molecule has 1 aliphatic rings. The van der Waals surface area contributed by atoms with Crippen LogP contribution < -0.4 is 5.56 Å². The summed E-state index contributed by atoms with van der Waals surface area (Å²) < 4.78 is 17.2. The van der Waals surface area contributed by atoms with Crippen molar-refractivity contribution in [1.82, 2.24) is 24.5 Å². The summed E-state index contributed by atoms with van der Waals surface area (Å²) in [6.07, 6.45) is 2.43. The summed E-state index contributed by atoms with van der Waals surface area (Å²) in [6.45, 7) is 7.22. The van der Waals surface area contributed by atoms with E-state index in [1.165, 1.54) is 28.3 Å². The molecule has 0 amide bonds. The van der Waals surface area contributed by atoms with Gasteiger partial charge in [0.2, 0.25) is 0 Å². The maximum Gasteiger partial charge on any atom is 0.295 e. The van der Waals surface area contributed by atoms with Gasteiger partial charge < -0.3 is 4.90 Å². The molecule has 3 aromatic rings. The molecule has 6 nitrogen and oxygen atoms in total. The number of hydrogen-bond acceptors (Lipinski definition) is 4. The summed E-state index contributed by atoms with van der Waals surface area (Å²) in [7, 11) is 0. The van der Waals surface area contributed by atoms with Gasteiger partial charge in [0.05, 0.1) is 23.3 Å². The van der Waals surface area contributed by atoms with Gasteiger partial charge in [0, 0.05) is 6.54 Å². The van der Waals surface area contributed by atoms with Crippen LogP contribution in [0.15, 0.2) is 29.1 Å². The van der Waals surface area contributed by atoms with Gasteiger partial charge in [-0.1, -0.05) is 12.1 Å². The van der Waals surface area contributed by atoms with E-state index in [0.29, 0.717) is 23.1 Å². The smallest absolute Gasteiger partial charge is 0.295 e. The van der Waals surface area contributed by atoms with Crippen molar-refractivity contribution < 1.29 is 4.39 Å². The minimum absolute atomic E-state index is 0.219. The average Bonchev–Trinajstić information content (AvgIpc) is 3.26. The molecule has 26 heavy (non-hydrogen) atoms. The molecule has 1 saturated heterocycles. The van der Waals surface area contributed by atoms with E-state index in [2.05, 4.69) is 15.1 Å². The Labute approximate surface area is 150 Å². The van der Waals surface area contributed by atoms with Gasteiger partial charge in [-0.05, 0) is 51.9 Å². The summed E-state index contributed by atoms with van der Waals surface area (Å²) in [6, 6.07) is 6.43. The van der Waals surface area contributed by atoms with Crippen LogP contribution >= 0.6 is 0 Å². The van der Waals surface area contributed by atoms with Gasteiger partial charge in [-0.15, -0.1) is 0 Å². The number of aromatic nitrogens is 4. The molecule has 3 heterocycles. The molecule has 0 atom stereocenters.